The maximum atomic E-state index is 6.70. The quantitative estimate of drug-likeness (QED) is 0.545. The molecule has 11 heavy (non-hydrogen) atoms. The molecule has 0 fully saturated rings. The highest BCUT2D eigenvalue weighted by Crippen LogP contribution is 2.07. The van der Waals surface area contributed by atoms with E-state index < -0.39 is 0 Å². The van der Waals surface area contributed by atoms with Crippen LogP contribution in [0.1, 0.15) is 33.1 Å². The summed E-state index contributed by atoms with van der Waals surface area (Å²) in [5.74, 6) is 0. The largest absolute Gasteiger partial charge is 0.314 e. The summed E-state index contributed by atoms with van der Waals surface area (Å²) < 4.78 is 0. The Labute approximate surface area is 68.9 Å². The van der Waals surface area contributed by atoms with Crippen LogP contribution in [0.2, 0.25) is 0 Å². The van der Waals surface area contributed by atoms with Crippen LogP contribution in [-0.4, -0.2) is 12.1 Å². The average Bonchev–Trinajstić information content (AvgIpc) is 2.04. The SMILES string of the molecule is [C-]#[N+]C(C)CCCC(C)[N+]#[C-]. The maximum absolute atomic E-state index is 6.70. The van der Waals surface area contributed by atoms with Gasteiger partial charge in [-0.2, -0.15) is 0 Å². The molecule has 0 aromatic rings. The molecule has 0 spiro atoms. The Bertz CT molecular complexity index is 153. The van der Waals surface area contributed by atoms with Crippen LogP contribution >= 0.6 is 0 Å². The van der Waals surface area contributed by atoms with Gasteiger partial charge in [0.2, 0.25) is 12.1 Å². The second kappa shape index (κ2) is 5.74. The zero-order valence-electron chi connectivity index (χ0n) is 7.17. The van der Waals surface area contributed by atoms with Gasteiger partial charge in [0.1, 0.15) is 0 Å². The molecule has 0 saturated heterocycles. The highest BCUT2D eigenvalue weighted by molar-refractivity contribution is 4.76. The van der Waals surface area contributed by atoms with Crippen LogP contribution in [0, 0.1) is 13.1 Å². The smallest absolute Gasteiger partial charge is 0.221 e. The molecule has 0 rings (SSSR count). The van der Waals surface area contributed by atoms with Gasteiger partial charge in [0.15, 0.2) is 0 Å². The molecule has 0 aliphatic heterocycles. The van der Waals surface area contributed by atoms with E-state index in [9.17, 15) is 0 Å². The fraction of sp³-hybridized carbons (Fsp3) is 0.778. The lowest BCUT2D eigenvalue weighted by atomic mass is 10.1. The average molecular weight is 150 g/mol. The van der Waals surface area contributed by atoms with E-state index in [0.717, 1.165) is 19.3 Å². The van der Waals surface area contributed by atoms with Crippen molar-refractivity contribution >= 4 is 0 Å². The molecule has 0 bridgehead atoms. The maximum Gasteiger partial charge on any atom is 0.221 e. The minimum Gasteiger partial charge on any atom is -0.314 e. The van der Waals surface area contributed by atoms with Crippen LogP contribution in [-0.2, 0) is 0 Å². The van der Waals surface area contributed by atoms with Crippen LogP contribution in [0.3, 0.4) is 0 Å². The molecule has 2 unspecified atom stereocenters. The number of hydrogen-bond acceptors (Lipinski definition) is 0. The summed E-state index contributed by atoms with van der Waals surface area (Å²) in [6, 6.07) is 0.265. The standard InChI is InChI=1S/C9H14N2/c1-8(10-3)6-5-7-9(2)11-4/h8-9H,5-7H2,1-2H3. The molecule has 0 radical (unpaired) electrons. The summed E-state index contributed by atoms with van der Waals surface area (Å²) in [6.07, 6.45) is 2.87. The predicted octanol–water partition coefficient (Wildman–Crippen LogP) is 2.77. The summed E-state index contributed by atoms with van der Waals surface area (Å²) in [6.45, 7) is 17.3. The van der Waals surface area contributed by atoms with Crippen LogP contribution < -0.4 is 0 Å². The summed E-state index contributed by atoms with van der Waals surface area (Å²) >= 11 is 0. The van der Waals surface area contributed by atoms with E-state index in [1.54, 1.807) is 0 Å². The van der Waals surface area contributed by atoms with Crippen molar-refractivity contribution in [3.63, 3.8) is 0 Å². The van der Waals surface area contributed by atoms with Crippen molar-refractivity contribution < 1.29 is 0 Å². The molecular formula is C9H14N2. The molecule has 2 nitrogen and oxygen atoms in total. The Kier molecular flexibility index (Phi) is 5.21. The Balaban J connectivity index is 3.30. The van der Waals surface area contributed by atoms with E-state index >= 15 is 0 Å². The number of rotatable bonds is 4. The molecule has 2 atom stereocenters. The third-order valence-corrected chi connectivity index (χ3v) is 1.68. The molecule has 60 valence electrons. The second-order valence-electron chi connectivity index (χ2n) is 2.89. The molecule has 0 heterocycles. The van der Waals surface area contributed by atoms with Gasteiger partial charge in [0.25, 0.3) is 0 Å². The molecule has 2 heteroatoms. The number of nitrogens with zero attached hydrogens (tertiary/aromatic N) is 2. The number of hydrogen-bond donors (Lipinski definition) is 0. The van der Waals surface area contributed by atoms with Crippen molar-refractivity contribution in [1.29, 1.82) is 0 Å². The van der Waals surface area contributed by atoms with Gasteiger partial charge in [0, 0.05) is 26.7 Å². The van der Waals surface area contributed by atoms with E-state index in [2.05, 4.69) is 9.69 Å². The van der Waals surface area contributed by atoms with Crippen molar-refractivity contribution in [3.8, 4) is 0 Å². The van der Waals surface area contributed by atoms with Crippen LogP contribution in [0.4, 0.5) is 0 Å². The Morgan fingerprint density at radius 1 is 1.00 bits per heavy atom. The van der Waals surface area contributed by atoms with E-state index in [4.69, 9.17) is 13.1 Å². The lowest BCUT2D eigenvalue weighted by Gasteiger charge is -1.98. The minimum atomic E-state index is 0.132. The first kappa shape index (κ1) is 9.98. The van der Waals surface area contributed by atoms with E-state index in [-0.39, 0.29) is 12.1 Å². The Hall–Kier alpha value is -1.02. The molecule has 0 aromatic carbocycles. The van der Waals surface area contributed by atoms with Gasteiger partial charge >= 0.3 is 0 Å². The first-order valence-electron chi connectivity index (χ1n) is 3.93. The highest BCUT2D eigenvalue weighted by atomic mass is 14.7. The molecule has 0 saturated carbocycles. The van der Waals surface area contributed by atoms with Crippen LogP contribution in [0.15, 0.2) is 0 Å². The van der Waals surface area contributed by atoms with Gasteiger partial charge in [-0.25, -0.2) is 13.1 Å². The normalized spacial score (nSPS) is 14.5. The zero-order chi connectivity index (χ0) is 8.69. The van der Waals surface area contributed by atoms with Crippen LogP contribution in [0.5, 0.6) is 0 Å². The molecule has 0 N–H and O–H groups in total. The van der Waals surface area contributed by atoms with Gasteiger partial charge < -0.3 is 9.69 Å². The lowest BCUT2D eigenvalue weighted by molar-refractivity contribution is 0.615. The van der Waals surface area contributed by atoms with E-state index in [1.807, 2.05) is 13.8 Å². The predicted molar refractivity (Wildman–Crippen MR) is 46.0 cm³/mol. The summed E-state index contributed by atoms with van der Waals surface area (Å²) in [5, 5.41) is 0. The second-order valence-corrected chi connectivity index (χ2v) is 2.89. The topological polar surface area (TPSA) is 8.72 Å². The van der Waals surface area contributed by atoms with Crippen molar-refractivity contribution in [1.82, 2.24) is 0 Å². The van der Waals surface area contributed by atoms with Crippen molar-refractivity contribution in [3.05, 3.63) is 22.8 Å². The molecule has 0 aliphatic rings. The van der Waals surface area contributed by atoms with E-state index in [0.29, 0.717) is 0 Å². The monoisotopic (exact) mass is 150 g/mol. The van der Waals surface area contributed by atoms with Gasteiger partial charge in [-0.1, -0.05) is 0 Å². The van der Waals surface area contributed by atoms with Gasteiger partial charge in [0.05, 0.1) is 0 Å². The minimum absolute atomic E-state index is 0.132. The van der Waals surface area contributed by atoms with Gasteiger partial charge in [-0.3, -0.25) is 0 Å². The summed E-state index contributed by atoms with van der Waals surface area (Å²) in [7, 11) is 0. The molecule has 0 amide bonds. The van der Waals surface area contributed by atoms with Gasteiger partial charge in [-0.15, -0.1) is 0 Å². The fourth-order valence-corrected chi connectivity index (χ4v) is 0.838. The Morgan fingerprint density at radius 3 is 1.64 bits per heavy atom. The third-order valence-electron chi connectivity index (χ3n) is 1.68. The van der Waals surface area contributed by atoms with Gasteiger partial charge in [-0.05, 0) is 6.42 Å². The van der Waals surface area contributed by atoms with Crippen molar-refractivity contribution in [2.45, 2.75) is 45.2 Å². The van der Waals surface area contributed by atoms with E-state index in [1.165, 1.54) is 0 Å². The first-order valence-corrected chi connectivity index (χ1v) is 3.93. The van der Waals surface area contributed by atoms with Crippen LogP contribution in [0.25, 0.3) is 9.69 Å². The van der Waals surface area contributed by atoms with Crippen molar-refractivity contribution in [2.24, 2.45) is 0 Å². The zero-order valence-corrected chi connectivity index (χ0v) is 7.17. The lowest BCUT2D eigenvalue weighted by Crippen LogP contribution is -1.99. The molecule has 0 aromatic heterocycles. The molecular weight excluding hydrogens is 136 g/mol. The summed E-state index contributed by atoms with van der Waals surface area (Å²) in [5.41, 5.74) is 0. The Morgan fingerprint density at radius 2 is 1.36 bits per heavy atom. The fourth-order valence-electron chi connectivity index (χ4n) is 0.838. The molecule has 0 aliphatic carbocycles. The van der Waals surface area contributed by atoms with Crippen molar-refractivity contribution in [2.75, 3.05) is 0 Å². The highest BCUT2D eigenvalue weighted by Gasteiger charge is 2.07. The third kappa shape index (κ3) is 5.43. The first-order chi connectivity index (χ1) is 5.20. The summed E-state index contributed by atoms with van der Waals surface area (Å²) in [4.78, 5) is 6.77.